The SMILES string of the molecule is CC(=O)c1c(CCCN(C(=O)c2ccn[nH]2)C(C)C)nc2c(-c3ccc(-c4ccc(F)cc4)nc3)cnn2c1N. The average Bonchev–Trinajstić information content (AvgIpc) is 3.62. The first kappa shape index (κ1) is 26.7. The van der Waals surface area contributed by atoms with Crippen LogP contribution in [0, 0.1) is 5.82 Å². The van der Waals surface area contributed by atoms with Gasteiger partial charge in [0.1, 0.15) is 17.3 Å². The van der Waals surface area contributed by atoms with E-state index >= 15 is 0 Å². The molecule has 0 unspecified atom stereocenters. The number of aromatic nitrogens is 6. The van der Waals surface area contributed by atoms with Crippen LogP contribution in [0.15, 0.2) is 61.1 Å². The van der Waals surface area contributed by atoms with Gasteiger partial charge in [0.15, 0.2) is 11.4 Å². The molecule has 0 spiro atoms. The highest BCUT2D eigenvalue weighted by atomic mass is 19.1. The summed E-state index contributed by atoms with van der Waals surface area (Å²) < 4.78 is 14.8. The summed E-state index contributed by atoms with van der Waals surface area (Å²) in [4.78, 5) is 36.6. The van der Waals surface area contributed by atoms with Crippen molar-refractivity contribution in [2.75, 3.05) is 12.3 Å². The lowest BCUT2D eigenvalue weighted by atomic mass is 10.0. The van der Waals surface area contributed by atoms with Crippen LogP contribution in [0.5, 0.6) is 0 Å². The van der Waals surface area contributed by atoms with Crippen molar-refractivity contribution in [3.05, 3.63) is 83.8 Å². The summed E-state index contributed by atoms with van der Waals surface area (Å²) in [5, 5.41) is 11.0. The number of benzene rings is 1. The molecule has 1 amide bonds. The number of nitrogens with one attached hydrogen (secondary N) is 1. The second-order valence-electron chi connectivity index (χ2n) is 9.77. The van der Waals surface area contributed by atoms with Crippen molar-refractivity contribution in [3.63, 3.8) is 0 Å². The zero-order chi connectivity index (χ0) is 28.4. The smallest absolute Gasteiger partial charge is 0.272 e. The molecule has 204 valence electrons. The number of carbonyl (C=O) groups excluding carboxylic acids is 2. The third kappa shape index (κ3) is 5.18. The van der Waals surface area contributed by atoms with Gasteiger partial charge < -0.3 is 10.6 Å². The van der Waals surface area contributed by atoms with Gasteiger partial charge in [-0.25, -0.2) is 9.37 Å². The molecule has 4 aromatic heterocycles. The molecule has 5 rings (SSSR count). The van der Waals surface area contributed by atoms with E-state index in [1.807, 2.05) is 26.0 Å². The van der Waals surface area contributed by atoms with Crippen molar-refractivity contribution in [1.29, 1.82) is 0 Å². The van der Waals surface area contributed by atoms with E-state index < -0.39 is 0 Å². The number of anilines is 1. The first-order valence-electron chi connectivity index (χ1n) is 12.9. The summed E-state index contributed by atoms with van der Waals surface area (Å²) in [6, 6.07) is 11.5. The van der Waals surface area contributed by atoms with Gasteiger partial charge in [-0.1, -0.05) is 6.07 Å². The van der Waals surface area contributed by atoms with Gasteiger partial charge in [0, 0.05) is 41.7 Å². The van der Waals surface area contributed by atoms with E-state index in [9.17, 15) is 14.0 Å². The summed E-state index contributed by atoms with van der Waals surface area (Å²) in [6.07, 6.45) is 5.89. The number of Topliss-reactive ketones (excluding diaryl/α,β-unsaturated/α-hetero) is 1. The molecule has 0 bridgehead atoms. The van der Waals surface area contributed by atoms with E-state index in [1.165, 1.54) is 23.6 Å². The molecule has 0 saturated heterocycles. The van der Waals surface area contributed by atoms with Gasteiger partial charge in [-0.2, -0.15) is 14.7 Å². The summed E-state index contributed by atoms with van der Waals surface area (Å²) >= 11 is 0. The van der Waals surface area contributed by atoms with E-state index in [0.29, 0.717) is 53.2 Å². The van der Waals surface area contributed by atoms with Gasteiger partial charge in [0.25, 0.3) is 5.91 Å². The molecule has 10 nitrogen and oxygen atoms in total. The molecule has 40 heavy (non-hydrogen) atoms. The van der Waals surface area contributed by atoms with Crippen LogP contribution in [0.3, 0.4) is 0 Å². The van der Waals surface area contributed by atoms with Crippen molar-refractivity contribution in [3.8, 4) is 22.4 Å². The average molecular weight is 541 g/mol. The van der Waals surface area contributed by atoms with Gasteiger partial charge in [0.2, 0.25) is 0 Å². The number of nitrogen functional groups attached to an aromatic ring is 1. The fourth-order valence-electron chi connectivity index (χ4n) is 4.72. The zero-order valence-electron chi connectivity index (χ0n) is 22.4. The molecular formula is C29H29FN8O2. The molecular weight excluding hydrogens is 511 g/mol. The second kappa shape index (κ2) is 11.0. The molecule has 4 heterocycles. The Bertz CT molecular complexity index is 1660. The molecule has 0 atom stereocenters. The first-order valence-corrected chi connectivity index (χ1v) is 12.9. The monoisotopic (exact) mass is 540 g/mol. The quantitative estimate of drug-likeness (QED) is 0.261. The minimum atomic E-state index is -0.308. The number of pyridine rings is 1. The molecule has 3 N–H and O–H groups in total. The van der Waals surface area contributed by atoms with Gasteiger partial charge >= 0.3 is 0 Å². The van der Waals surface area contributed by atoms with Gasteiger partial charge in [-0.15, -0.1) is 0 Å². The van der Waals surface area contributed by atoms with Crippen LogP contribution in [0.1, 0.15) is 53.7 Å². The van der Waals surface area contributed by atoms with E-state index in [0.717, 1.165) is 11.1 Å². The Morgan fingerprint density at radius 2 is 1.82 bits per heavy atom. The molecule has 0 fully saturated rings. The standard InChI is InChI=1S/C29H29FN8O2/c1-17(2)37(29(40)25-12-13-33-36-25)14-4-5-24-26(18(3)39)27(31)38-28(35-24)22(16-34-38)20-8-11-23(32-15-20)19-6-9-21(30)10-7-19/h6-13,15-17H,4-5,14,31H2,1-3H3,(H,33,36). The number of nitrogens with two attached hydrogens (primary N) is 1. The first-order chi connectivity index (χ1) is 19.2. The number of ketones is 1. The predicted molar refractivity (Wildman–Crippen MR) is 149 cm³/mol. The molecule has 0 aliphatic heterocycles. The number of hydrogen-bond acceptors (Lipinski definition) is 7. The maximum Gasteiger partial charge on any atom is 0.272 e. The highest BCUT2D eigenvalue weighted by molar-refractivity contribution is 6.00. The van der Waals surface area contributed by atoms with Crippen LogP contribution in [0.25, 0.3) is 28.0 Å². The normalized spacial score (nSPS) is 11.3. The highest BCUT2D eigenvalue weighted by Crippen LogP contribution is 2.29. The third-order valence-electron chi connectivity index (χ3n) is 6.75. The third-order valence-corrected chi connectivity index (χ3v) is 6.75. The van der Waals surface area contributed by atoms with Gasteiger partial charge in [-0.05, 0) is 70.0 Å². The fourth-order valence-corrected chi connectivity index (χ4v) is 4.72. The summed E-state index contributed by atoms with van der Waals surface area (Å²) in [5.74, 6) is -0.447. The number of carbonyl (C=O) groups is 2. The molecule has 0 radical (unpaired) electrons. The number of halogens is 1. The van der Waals surface area contributed by atoms with Crippen LogP contribution in [0.2, 0.25) is 0 Å². The maximum atomic E-state index is 13.3. The fraction of sp³-hybridized carbons (Fsp3) is 0.241. The van der Waals surface area contributed by atoms with Gasteiger partial charge in [-0.3, -0.25) is 19.7 Å². The lowest BCUT2D eigenvalue weighted by molar-refractivity contribution is 0.0697. The Morgan fingerprint density at radius 1 is 1.07 bits per heavy atom. The lowest BCUT2D eigenvalue weighted by Crippen LogP contribution is -2.38. The summed E-state index contributed by atoms with van der Waals surface area (Å²) in [5.41, 5.74) is 11.2. The van der Waals surface area contributed by atoms with Crippen LogP contribution < -0.4 is 5.73 Å². The number of nitrogens with zero attached hydrogens (tertiary/aromatic N) is 6. The van der Waals surface area contributed by atoms with Crippen LogP contribution in [-0.2, 0) is 6.42 Å². The Balaban J connectivity index is 1.43. The Hall–Kier alpha value is -4.93. The molecule has 0 saturated carbocycles. The maximum absolute atomic E-state index is 13.3. The van der Waals surface area contributed by atoms with E-state index in [-0.39, 0.29) is 29.4 Å². The molecule has 5 aromatic rings. The van der Waals surface area contributed by atoms with Crippen molar-refractivity contribution in [2.45, 2.75) is 39.7 Å². The van der Waals surface area contributed by atoms with Crippen LogP contribution in [-0.4, -0.2) is 59.0 Å². The second-order valence-corrected chi connectivity index (χ2v) is 9.77. The van der Waals surface area contributed by atoms with Crippen LogP contribution >= 0.6 is 0 Å². The number of amides is 1. The molecule has 11 heteroatoms. The van der Waals surface area contributed by atoms with Gasteiger partial charge in [0.05, 0.1) is 23.1 Å². The minimum absolute atomic E-state index is 0.0320. The summed E-state index contributed by atoms with van der Waals surface area (Å²) in [7, 11) is 0. The lowest BCUT2D eigenvalue weighted by Gasteiger charge is -2.26. The minimum Gasteiger partial charge on any atom is -0.383 e. The van der Waals surface area contributed by atoms with Crippen molar-refractivity contribution >= 4 is 23.2 Å². The van der Waals surface area contributed by atoms with Crippen LogP contribution in [0.4, 0.5) is 10.2 Å². The Labute approximate surface area is 230 Å². The topological polar surface area (TPSA) is 135 Å². The number of aromatic amines is 1. The highest BCUT2D eigenvalue weighted by Gasteiger charge is 2.23. The molecule has 0 aliphatic carbocycles. The number of hydrogen-bond donors (Lipinski definition) is 2. The van der Waals surface area contributed by atoms with E-state index in [2.05, 4.69) is 20.3 Å². The molecule has 1 aromatic carbocycles. The molecule has 0 aliphatic rings. The number of rotatable bonds is 9. The van der Waals surface area contributed by atoms with E-state index in [1.54, 1.807) is 41.7 Å². The largest absolute Gasteiger partial charge is 0.383 e. The Morgan fingerprint density at radius 3 is 2.45 bits per heavy atom. The number of aryl methyl sites for hydroxylation is 1. The van der Waals surface area contributed by atoms with Crippen molar-refractivity contribution < 1.29 is 14.0 Å². The zero-order valence-corrected chi connectivity index (χ0v) is 22.4. The number of fused-ring (bicyclic) bond motifs is 1. The predicted octanol–water partition coefficient (Wildman–Crippen LogP) is 4.59. The number of H-pyrrole nitrogens is 1. The van der Waals surface area contributed by atoms with Crippen molar-refractivity contribution in [2.24, 2.45) is 0 Å². The van der Waals surface area contributed by atoms with Crippen molar-refractivity contribution in [1.82, 2.24) is 34.7 Å². The summed E-state index contributed by atoms with van der Waals surface area (Å²) in [6.45, 7) is 5.81. The van der Waals surface area contributed by atoms with E-state index in [4.69, 9.17) is 10.7 Å². The Kier molecular flexibility index (Phi) is 7.37.